The van der Waals surface area contributed by atoms with E-state index in [0.29, 0.717) is 0 Å². The van der Waals surface area contributed by atoms with Gasteiger partial charge in [-0.05, 0) is 47.0 Å². The number of hydrogen-bond acceptors (Lipinski definition) is 7. The summed E-state index contributed by atoms with van der Waals surface area (Å²) in [6.07, 6.45) is 7.38. The largest absolute Gasteiger partial charge is 0.497 e. The van der Waals surface area contributed by atoms with Crippen molar-refractivity contribution in [3.8, 4) is 16.9 Å². The zero-order chi connectivity index (χ0) is 26.1. The van der Waals surface area contributed by atoms with Crippen LogP contribution in [0.4, 0.5) is 16.2 Å². The van der Waals surface area contributed by atoms with Crippen molar-refractivity contribution >= 4 is 17.3 Å². The number of ether oxygens (including phenoxy) is 1. The van der Waals surface area contributed by atoms with E-state index in [2.05, 4.69) is 42.8 Å². The molecule has 4 heterocycles. The van der Waals surface area contributed by atoms with Crippen molar-refractivity contribution in [1.29, 1.82) is 0 Å². The third-order valence-corrected chi connectivity index (χ3v) is 7.20. The average Bonchev–Trinajstić information content (AvgIpc) is 3.42. The highest BCUT2D eigenvalue weighted by molar-refractivity contribution is 5.78. The monoisotopic (exact) mass is 509 g/mol. The maximum absolute atomic E-state index is 13.3. The zero-order valence-electron chi connectivity index (χ0n) is 21.3. The smallest absolute Gasteiger partial charge is 0.225 e. The van der Waals surface area contributed by atoms with Gasteiger partial charge in [0.25, 0.3) is 0 Å². The van der Waals surface area contributed by atoms with E-state index in [9.17, 15) is 4.39 Å². The van der Waals surface area contributed by atoms with Crippen LogP contribution in [0, 0.1) is 5.82 Å². The van der Waals surface area contributed by atoms with Crippen LogP contribution in [0.5, 0.6) is 5.75 Å². The third kappa shape index (κ3) is 4.63. The van der Waals surface area contributed by atoms with Gasteiger partial charge in [-0.1, -0.05) is 31.2 Å². The van der Waals surface area contributed by atoms with Crippen molar-refractivity contribution < 1.29 is 9.13 Å². The molecule has 3 aromatic heterocycles. The van der Waals surface area contributed by atoms with Crippen molar-refractivity contribution in [3.05, 3.63) is 96.5 Å². The first kappa shape index (κ1) is 23.8. The molecule has 2 aromatic carbocycles. The lowest BCUT2D eigenvalue weighted by Crippen LogP contribution is -2.47. The van der Waals surface area contributed by atoms with Crippen LogP contribution in [-0.2, 0) is 0 Å². The summed E-state index contributed by atoms with van der Waals surface area (Å²) in [5, 5.41) is 4.43. The Bertz CT molecular complexity index is 1530. The summed E-state index contributed by atoms with van der Waals surface area (Å²) < 4.78 is 20.4. The number of nitrogens with zero attached hydrogens (tertiary/aromatic N) is 7. The number of halogens is 1. The summed E-state index contributed by atoms with van der Waals surface area (Å²) >= 11 is 0. The average molecular weight is 510 g/mol. The number of fused-ring (bicyclic) bond motifs is 1. The van der Waals surface area contributed by atoms with Crippen LogP contribution in [0.25, 0.3) is 16.6 Å². The minimum atomic E-state index is -0.232. The molecule has 1 fully saturated rings. The van der Waals surface area contributed by atoms with Crippen molar-refractivity contribution in [1.82, 2.24) is 24.6 Å². The first-order valence-corrected chi connectivity index (χ1v) is 12.6. The molecule has 0 saturated carbocycles. The Balaban J connectivity index is 1.15. The van der Waals surface area contributed by atoms with Crippen LogP contribution >= 0.6 is 0 Å². The Morgan fingerprint density at radius 1 is 0.816 bits per heavy atom. The van der Waals surface area contributed by atoms with Crippen molar-refractivity contribution in [3.63, 3.8) is 0 Å². The highest BCUT2D eigenvalue weighted by Crippen LogP contribution is 2.29. The van der Waals surface area contributed by atoms with E-state index in [1.807, 2.05) is 59.5 Å². The molecule has 0 unspecified atom stereocenters. The number of rotatable bonds is 6. The molecule has 1 aliphatic heterocycles. The first-order valence-electron chi connectivity index (χ1n) is 12.6. The van der Waals surface area contributed by atoms with Crippen molar-refractivity contribution in [2.45, 2.75) is 12.8 Å². The standard InChI is InChI=1S/C29H28FN7O/c1-20(21-3-7-25(30)8-4-21)24-16-31-29(32-17-24)36-13-11-35(12-14-36)28-27-15-23(18-37(27)34-19-33-28)22-5-9-26(38-2)10-6-22/h3-10,15-20H,11-14H2,1-2H3/t20-/m1/s1. The Morgan fingerprint density at radius 2 is 1.50 bits per heavy atom. The number of anilines is 2. The van der Waals surface area contributed by atoms with Crippen LogP contribution < -0.4 is 14.5 Å². The van der Waals surface area contributed by atoms with Gasteiger partial charge in [0.1, 0.15) is 23.4 Å². The maximum atomic E-state index is 13.3. The molecule has 192 valence electrons. The van der Waals surface area contributed by atoms with Gasteiger partial charge < -0.3 is 14.5 Å². The van der Waals surface area contributed by atoms with Gasteiger partial charge in [0.15, 0.2) is 5.82 Å². The van der Waals surface area contributed by atoms with E-state index < -0.39 is 0 Å². The fourth-order valence-corrected chi connectivity index (χ4v) is 4.88. The summed E-state index contributed by atoms with van der Waals surface area (Å²) in [7, 11) is 1.67. The van der Waals surface area contributed by atoms with E-state index in [1.54, 1.807) is 13.4 Å². The predicted octanol–water partition coefficient (Wildman–Crippen LogP) is 4.81. The molecule has 6 rings (SSSR count). The lowest BCUT2D eigenvalue weighted by molar-refractivity contribution is 0.415. The molecule has 0 spiro atoms. The molecular formula is C29H28FN7O. The Hall–Kier alpha value is -4.53. The normalized spacial score (nSPS) is 14.6. The van der Waals surface area contributed by atoms with Gasteiger partial charge in [-0.15, -0.1) is 0 Å². The summed E-state index contributed by atoms with van der Waals surface area (Å²) in [6.45, 7) is 5.25. The molecule has 0 bridgehead atoms. The first-order chi connectivity index (χ1) is 18.6. The Morgan fingerprint density at radius 3 is 2.18 bits per heavy atom. The van der Waals surface area contributed by atoms with Crippen molar-refractivity contribution in [2.24, 2.45) is 0 Å². The van der Waals surface area contributed by atoms with E-state index in [0.717, 1.165) is 71.5 Å². The molecule has 0 radical (unpaired) electrons. The summed E-state index contributed by atoms with van der Waals surface area (Å²) in [5.74, 6) is 2.33. The number of piperazine rings is 1. The topological polar surface area (TPSA) is 71.7 Å². The van der Waals surface area contributed by atoms with Gasteiger partial charge in [-0.2, -0.15) is 5.10 Å². The molecule has 8 nitrogen and oxygen atoms in total. The molecule has 1 aliphatic rings. The SMILES string of the molecule is COc1ccc(-c2cc3c(N4CCN(c5ncc([C@H](C)c6ccc(F)cc6)cn5)CC4)ncnn3c2)cc1. The summed E-state index contributed by atoms with van der Waals surface area (Å²) in [4.78, 5) is 18.4. The van der Waals surface area contributed by atoms with Gasteiger partial charge in [0.2, 0.25) is 5.95 Å². The number of methoxy groups -OCH3 is 1. The van der Waals surface area contributed by atoms with Gasteiger partial charge in [0, 0.05) is 56.3 Å². The molecule has 0 amide bonds. The second-order valence-corrected chi connectivity index (χ2v) is 9.43. The van der Waals surface area contributed by atoms with Crippen LogP contribution in [0.15, 0.2) is 79.5 Å². The molecule has 0 aliphatic carbocycles. The summed E-state index contributed by atoms with van der Waals surface area (Å²) in [6, 6.07) is 16.7. The highest BCUT2D eigenvalue weighted by atomic mass is 19.1. The van der Waals surface area contributed by atoms with Gasteiger partial charge in [-0.25, -0.2) is 23.9 Å². The van der Waals surface area contributed by atoms with Gasteiger partial charge in [-0.3, -0.25) is 0 Å². The molecule has 1 saturated heterocycles. The second-order valence-electron chi connectivity index (χ2n) is 9.43. The van der Waals surface area contributed by atoms with E-state index in [1.165, 1.54) is 12.1 Å². The van der Waals surface area contributed by atoms with E-state index >= 15 is 0 Å². The Labute approximate surface area is 220 Å². The maximum Gasteiger partial charge on any atom is 0.225 e. The highest BCUT2D eigenvalue weighted by Gasteiger charge is 2.23. The lowest BCUT2D eigenvalue weighted by atomic mass is 9.95. The fourth-order valence-electron chi connectivity index (χ4n) is 4.88. The lowest BCUT2D eigenvalue weighted by Gasteiger charge is -2.35. The Kier molecular flexibility index (Phi) is 6.33. The van der Waals surface area contributed by atoms with Gasteiger partial charge >= 0.3 is 0 Å². The van der Waals surface area contributed by atoms with Crippen LogP contribution in [0.1, 0.15) is 24.0 Å². The molecule has 1 atom stereocenters. The van der Waals surface area contributed by atoms with Crippen LogP contribution in [-0.4, -0.2) is 57.9 Å². The molecule has 5 aromatic rings. The molecular weight excluding hydrogens is 481 g/mol. The quantitative estimate of drug-likeness (QED) is 0.325. The second kappa shape index (κ2) is 10.1. The molecule has 9 heteroatoms. The van der Waals surface area contributed by atoms with E-state index in [-0.39, 0.29) is 11.7 Å². The van der Waals surface area contributed by atoms with Gasteiger partial charge in [0.05, 0.1) is 7.11 Å². The summed E-state index contributed by atoms with van der Waals surface area (Å²) in [5.41, 5.74) is 5.19. The predicted molar refractivity (Wildman–Crippen MR) is 145 cm³/mol. The number of aromatic nitrogens is 5. The minimum absolute atomic E-state index is 0.0894. The minimum Gasteiger partial charge on any atom is -0.497 e. The third-order valence-electron chi connectivity index (χ3n) is 7.20. The van der Waals surface area contributed by atoms with Crippen LogP contribution in [0.2, 0.25) is 0 Å². The zero-order valence-corrected chi connectivity index (χ0v) is 21.3. The number of benzene rings is 2. The molecule has 0 N–H and O–H groups in total. The van der Waals surface area contributed by atoms with Crippen LogP contribution in [0.3, 0.4) is 0 Å². The fraction of sp³-hybridized carbons (Fsp3) is 0.241. The molecule has 38 heavy (non-hydrogen) atoms. The van der Waals surface area contributed by atoms with E-state index in [4.69, 9.17) is 4.74 Å². The number of hydrogen-bond donors (Lipinski definition) is 0. The van der Waals surface area contributed by atoms with Crippen molar-refractivity contribution in [2.75, 3.05) is 43.1 Å².